The molecule has 2 aromatic heterocycles. The maximum absolute atomic E-state index is 5.97. The fraction of sp³-hybridized carbons (Fsp3) is 0.188. The standard InChI is InChI=1S/C16H16N2O/c1-2-13(17)16-8-7-15(19-16)12-5-6-14-11(10-12)4-3-9-18-14/h3-10,13H,2,17H2,1H3. The van der Waals surface area contributed by atoms with Crippen LogP contribution in [-0.2, 0) is 0 Å². The number of fused-ring (bicyclic) bond motifs is 1. The Labute approximate surface area is 112 Å². The van der Waals surface area contributed by atoms with E-state index in [1.165, 1.54) is 0 Å². The van der Waals surface area contributed by atoms with Crippen molar-refractivity contribution in [1.29, 1.82) is 0 Å². The summed E-state index contributed by atoms with van der Waals surface area (Å²) in [7, 11) is 0. The summed E-state index contributed by atoms with van der Waals surface area (Å²) >= 11 is 0. The number of nitrogens with two attached hydrogens (primary N) is 1. The molecule has 0 fully saturated rings. The monoisotopic (exact) mass is 252 g/mol. The maximum atomic E-state index is 5.97. The Kier molecular flexibility index (Phi) is 3.05. The molecular weight excluding hydrogens is 236 g/mol. The molecule has 0 amide bonds. The molecule has 0 aliphatic rings. The Morgan fingerprint density at radius 2 is 2.11 bits per heavy atom. The molecule has 3 aromatic rings. The fourth-order valence-electron chi connectivity index (χ4n) is 2.14. The maximum Gasteiger partial charge on any atom is 0.134 e. The zero-order chi connectivity index (χ0) is 13.2. The third-order valence-electron chi connectivity index (χ3n) is 3.32. The zero-order valence-corrected chi connectivity index (χ0v) is 10.8. The van der Waals surface area contributed by atoms with Gasteiger partial charge in [0.2, 0.25) is 0 Å². The van der Waals surface area contributed by atoms with Gasteiger partial charge in [-0.25, -0.2) is 0 Å². The summed E-state index contributed by atoms with van der Waals surface area (Å²) in [5, 5.41) is 1.11. The Bertz CT molecular complexity index is 703. The van der Waals surface area contributed by atoms with Crippen molar-refractivity contribution in [3.63, 3.8) is 0 Å². The lowest BCUT2D eigenvalue weighted by atomic mass is 10.1. The van der Waals surface area contributed by atoms with Crippen LogP contribution in [0.1, 0.15) is 25.1 Å². The van der Waals surface area contributed by atoms with Gasteiger partial charge >= 0.3 is 0 Å². The first-order valence-electron chi connectivity index (χ1n) is 6.48. The first-order valence-corrected chi connectivity index (χ1v) is 6.48. The third-order valence-corrected chi connectivity index (χ3v) is 3.32. The number of hydrogen-bond donors (Lipinski definition) is 1. The van der Waals surface area contributed by atoms with E-state index in [2.05, 4.69) is 18.0 Å². The number of benzene rings is 1. The normalized spacial score (nSPS) is 12.7. The molecule has 1 atom stereocenters. The predicted octanol–water partition coefficient (Wildman–Crippen LogP) is 3.90. The molecule has 2 heterocycles. The van der Waals surface area contributed by atoms with Crippen LogP contribution in [0.4, 0.5) is 0 Å². The number of aromatic nitrogens is 1. The van der Waals surface area contributed by atoms with Crippen LogP contribution in [-0.4, -0.2) is 4.98 Å². The van der Waals surface area contributed by atoms with Crippen LogP contribution >= 0.6 is 0 Å². The highest BCUT2D eigenvalue weighted by Crippen LogP contribution is 2.27. The van der Waals surface area contributed by atoms with Crippen molar-refractivity contribution in [2.24, 2.45) is 5.73 Å². The lowest BCUT2D eigenvalue weighted by Crippen LogP contribution is -2.06. The zero-order valence-electron chi connectivity index (χ0n) is 10.8. The molecule has 1 aromatic carbocycles. The van der Waals surface area contributed by atoms with Crippen LogP contribution in [0.5, 0.6) is 0 Å². The second kappa shape index (κ2) is 4.86. The summed E-state index contributed by atoms with van der Waals surface area (Å²) < 4.78 is 5.83. The van der Waals surface area contributed by atoms with Gasteiger partial charge in [-0.15, -0.1) is 0 Å². The molecule has 0 aliphatic heterocycles. The number of nitrogens with zero attached hydrogens (tertiary/aromatic N) is 1. The molecule has 0 saturated heterocycles. The number of furan rings is 1. The van der Waals surface area contributed by atoms with Crippen molar-refractivity contribution in [2.75, 3.05) is 0 Å². The molecule has 96 valence electrons. The topological polar surface area (TPSA) is 52.0 Å². The van der Waals surface area contributed by atoms with Gasteiger partial charge < -0.3 is 10.2 Å². The Morgan fingerprint density at radius 1 is 1.21 bits per heavy atom. The highest BCUT2D eigenvalue weighted by molar-refractivity contribution is 5.83. The molecule has 0 spiro atoms. The molecule has 19 heavy (non-hydrogen) atoms. The lowest BCUT2D eigenvalue weighted by Gasteiger charge is -2.04. The van der Waals surface area contributed by atoms with Crippen LogP contribution in [0.25, 0.3) is 22.2 Å². The minimum absolute atomic E-state index is 0.0316. The average Bonchev–Trinajstić information content (AvgIpc) is 2.95. The molecule has 1 unspecified atom stereocenters. The second-order valence-corrected chi connectivity index (χ2v) is 4.63. The highest BCUT2D eigenvalue weighted by atomic mass is 16.3. The summed E-state index contributed by atoms with van der Waals surface area (Å²) in [6.07, 6.45) is 2.67. The molecule has 3 heteroatoms. The minimum atomic E-state index is -0.0316. The van der Waals surface area contributed by atoms with Crippen LogP contribution in [0, 0.1) is 0 Å². The molecule has 3 nitrogen and oxygen atoms in total. The summed E-state index contributed by atoms with van der Waals surface area (Å²) in [6, 6.07) is 14.0. The van der Waals surface area contributed by atoms with E-state index in [1.807, 2.05) is 36.4 Å². The van der Waals surface area contributed by atoms with E-state index in [9.17, 15) is 0 Å². The van der Waals surface area contributed by atoms with Gasteiger partial charge in [0.05, 0.1) is 11.6 Å². The highest BCUT2D eigenvalue weighted by Gasteiger charge is 2.10. The molecule has 0 saturated carbocycles. The third kappa shape index (κ3) is 2.25. The van der Waals surface area contributed by atoms with Crippen LogP contribution in [0.2, 0.25) is 0 Å². The smallest absolute Gasteiger partial charge is 0.134 e. The summed E-state index contributed by atoms with van der Waals surface area (Å²) in [4.78, 5) is 4.31. The van der Waals surface area contributed by atoms with Gasteiger partial charge in [0, 0.05) is 17.1 Å². The summed E-state index contributed by atoms with van der Waals surface area (Å²) in [5.41, 5.74) is 8.01. The van der Waals surface area contributed by atoms with Crippen molar-refractivity contribution in [3.05, 3.63) is 54.4 Å². The molecule has 3 rings (SSSR count). The first-order chi connectivity index (χ1) is 9.28. The summed E-state index contributed by atoms with van der Waals surface area (Å²) in [5.74, 6) is 1.69. The summed E-state index contributed by atoms with van der Waals surface area (Å²) in [6.45, 7) is 2.05. The van der Waals surface area contributed by atoms with Gasteiger partial charge in [-0.1, -0.05) is 13.0 Å². The molecule has 0 radical (unpaired) electrons. The average molecular weight is 252 g/mol. The quantitative estimate of drug-likeness (QED) is 0.769. The Morgan fingerprint density at radius 3 is 2.95 bits per heavy atom. The van der Waals surface area contributed by atoms with Gasteiger partial charge in [0.25, 0.3) is 0 Å². The van der Waals surface area contributed by atoms with Crippen LogP contribution in [0.3, 0.4) is 0 Å². The number of hydrogen-bond acceptors (Lipinski definition) is 3. The second-order valence-electron chi connectivity index (χ2n) is 4.63. The van der Waals surface area contributed by atoms with E-state index in [0.29, 0.717) is 0 Å². The van der Waals surface area contributed by atoms with Gasteiger partial charge in [0.15, 0.2) is 0 Å². The van der Waals surface area contributed by atoms with E-state index in [0.717, 1.165) is 34.4 Å². The van der Waals surface area contributed by atoms with E-state index in [-0.39, 0.29) is 6.04 Å². The van der Waals surface area contributed by atoms with Crippen molar-refractivity contribution in [2.45, 2.75) is 19.4 Å². The molecule has 2 N–H and O–H groups in total. The number of rotatable bonds is 3. The van der Waals surface area contributed by atoms with E-state index >= 15 is 0 Å². The van der Waals surface area contributed by atoms with Crippen molar-refractivity contribution in [3.8, 4) is 11.3 Å². The van der Waals surface area contributed by atoms with E-state index < -0.39 is 0 Å². The van der Waals surface area contributed by atoms with Gasteiger partial charge in [0.1, 0.15) is 11.5 Å². The predicted molar refractivity (Wildman–Crippen MR) is 76.7 cm³/mol. The van der Waals surface area contributed by atoms with E-state index in [1.54, 1.807) is 6.20 Å². The van der Waals surface area contributed by atoms with Crippen LogP contribution < -0.4 is 5.73 Å². The van der Waals surface area contributed by atoms with E-state index in [4.69, 9.17) is 10.2 Å². The van der Waals surface area contributed by atoms with Gasteiger partial charge in [-0.2, -0.15) is 0 Å². The molecular formula is C16H16N2O. The first kappa shape index (κ1) is 11.9. The molecule has 0 bridgehead atoms. The van der Waals surface area contributed by atoms with Gasteiger partial charge in [-0.05, 0) is 42.8 Å². The lowest BCUT2D eigenvalue weighted by molar-refractivity contribution is 0.470. The fourth-order valence-corrected chi connectivity index (χ4v) is 2.14. The number of pyridine rings is 1. The molecule has 0 aliphatic carbocycles. The Hall–Kier alpha value is -2.13. The van der Waals surface area contributed by atoms with Crippen LogP contribution in [0.15, 0.2) is 53.1 Å². The SMILES string of the molecule is CCC(N)c1ccc(-c2ccc3ncccc3c2)o1. The van der Waals surface area contributed by atoms with Crippen molar-refractivity contribution in [1.82, 2.24) is 4.98 Å². The van der Waals surface area contributed by atoms with Crippen molar-refractivity contribution >= 4 is 10.9 Å². The van der Waals surface area contributed by atoms with Crippen molar-refractivity contribution < 1.29 is 4.42 Å². The Balaban J connectivity index is 2.01. The minimum Gasteiger partial charge on any atom is -0.459 e. The van der Waals surface area contributed by atoms with Gasteiger partial charge in [-0.3, -0.25) is 4.98 Å². The largest absolute Gasteiger partial charge is 0.459 e.